The summed E-state index contributed by atoms with van der Waals surface area (Å²) >= 11 is 0. The van der Waals surface area contributed by atoms with Crippen LogP contribution in [0.3, 0.4) is 0 Å². The summed E-state index contributed by atoms with van der Waals surface area (Å²) in [7, 11) is -4.43. The molecule has 0 saturated heterocycles. The number of aryl methyl sites for hydroxylation is 2. The molecule has 1 heterocycles. The molecule has 0 aromatic carbocycles. The smallest absolute Gasteiger partial charge is 0.466 e. The topological polar surface area (TPSA) is 168 Å². The van der Waals surface area contributed by atoms with Crippen molar-refractivity contribution in [1.29, 1.82) is 0 Å². The molecule has 1 aromatic rings. The summed E-state index contributed by atoms with van der Waals surface area (Å²) in [6, 6.07) is 0. The predicted octanol–water partition coefficient (Wildman–Crippen LogP) is 10.6. The summed E-state index contributed by atoms with van der Waals surface area (Å²) in [5, 5.41) is 10.1. The highest BCUT2D eigenvalue weighted by molar-refractivity contribution is 7.47. The number of furan rings is 1. The number of phosphoric acid groups is 1. The van der Waals surface area contributed by atoms with E-state index >= 15 is 0 Å². The third-order valence-electron chi connectivity index (χ3n) is 9.50. The van der Waals surface area contributed by atoms with E-state index in [-0.39, 0.29) is 32.6 Å². The van der Waals surface area contributed by atoms with Crippen LogP contribution in [0.5, 0.6) is 0 Å². The molecule has 0 aliphatic carbocycles. The van der Waals surface area contributed by atoms with Crippen molar-refractivity contribution in [3.63, 3.8) is 0 Å². The first kappa shape index (κ1) is 52.2. The molecule has 0 aliphatic heterocycles. The van der Waals surface area contributed by atoms with Gasteiger partial charge in [0.05, 0.1) is 19.3 Å². The third kappa shape index (κ3) is 28.3. The van der Waals surface area contributed by atoms with E-state index in [0.717, 1.165) is 75.7 Å². The molecule has 0 bridgehead atoms. The van der Waals surface area contributed by atoms with Gasteiger partial charge >= 0.3 is 19.8 Å². The number of unbranched alkanes of at least 4 members (excludes halogenated alkanes) is 11. The zero-order valence-electron chi connectivity index (χ0n) is 35.6. The Hall–Kier alpha value is -2.79. The normalized spacial score (nSPS) is 14.3. The first-order chi connectivity index (χ1) is 27.5. The third-order valence-corrected chi connectivity index (χ3v) is 10.5. The molecule has 2 unspecified atom stereocenters. The van der Waals surface area contributed by atoms with Crippen LogP contribution in [0.4, 0.5) is 0 Å². The molecule has 0 radical (unpaired) electrons. The molecular formula is C45H76NO10P. The first-order valence-electron chi connectivity index (χ1n) is 21.6. The molecular weight excluding hydrogens is 745 g/mol. The molecule has 1 aromatic heterocycles. The molecule has 0 aliphatic rings. The average Bonchev–Trinajstić information content (AvgIpc) is 3.45. The van der Waals surface area contributed by atoms with Gasteiger partial charge in [0.2, 0.25) is 0 Å². The van der Waals surface area contributed by atoms with Crippen LogP contribution in [0.25, 0.3) is 0 Å². The highest BCUT2D eigenvalue weighted by Crippen LogP contribution is 2.43. The van der Waals surface area contributed by atoms with Crippen LogP contribution < -0.4 is 5.73 Å². The minimum atomic E-state index is -4.43. The standard InChI is InChI=1S/C45H76NO10P/c1-5-7-9-10-11-12-13-17-23-28-40(47)29-24-18-16-21-26-32-44(48)52-36-41(37-54-57(50,51)53-35-34-46)55-45(49)33-27-20-15-14-19-25-31-43-39(4)38(3)42(56-43)30-22-8-6-2/h11-12,16-18,23-24,29,40-41,47H,5-10,13-15,19-22,25-28,30-37,46H2,1-4H3,(H,50,51)/b12-11-,18-16+,23-17-,29-24-/t40?,41-/m1/s1. The van der Waals surface area contributed by atoms with Gasteiger partial charge in [-0.2, -0.15) is 0 Å². The lowest BCUT2D eigenvalue weighted by Crippen LogP contribution is -2.29. The first-order valence-corrected chi connectivity index (χ1v) is 23.1. The molecule has 4 N–H and O–H groups in total. The van der Waals surface area contributed by atoms with Gasteiger partial charge in [0.25, 0.3) is 0 Å². The quantitative estimate of drug-likeness (QED) is 0.0194. The number of phosphoric ester groups is 1. The van der Waals surface area contributed by atoms with Gasteiger partial charge in [-0.1, -0.05) is 114 Å². The van der Waals surface area contributed by atoms with E-state index in [4.69, 9.17) is 28.7 Å². The van der Waals surface area contributed by atoms with E-state index in [1.807, 2.05) is 18.2 Å². The fourth-order valence-corrected chi connectivity index (χ4v) is 6.71. The fourth-order valence-electron chi connectivity index (χ4n) is 5.94. The number of carbonyl (C=O) groups is 2. The van der Waals surface area contributed by atoms with E-state index < -0.39 is 38.6 Å². The van der Waals surface area contributed by atoms with Crippen LogP contribution in [-0.2, 0) is 45.5 Å². The van der Waals surface area contributed by atoms with Gasteiger partial charge in [0.1, 0.15) is 18.1 Å². The van der Waals surface area contributed by atoms with Crippen LogP contribution in [0.15, 0.2) is 53.0 Å². The van der Waals surface area contributed by atoms with Crippen molar-refractivity contribution in [2.75, 3.05) is 26.4 Å². The largest absolute Gasteiger partial charge is 0.472 e. The second kappa shape index (κ2) is 34.1. The lowest BCUT2D eigenvalue weighted by atomic mass is 10.0. The molecule has 326 valence electrons. The van der Waals surface area contributed by atoms with Crippen LogP contribution in [0, 0.1) is 13.8 Å². The highest BCUT2D eigenvalue weighted by Gasteiger charge is 2.26. The number of allylic oxidation sites excluding steroid dienone is 6. The predicted molar refractivity (Wildman–Crippen MR) is 229 cm³/mol. The zero-order chi connectivity index (χ0) is 42.0. The molecule has 57 heavy (non-hydrogen) atoms. The fraction of sp³-hybridized carbons (Fsp3) is 0.689. The number of esters is 2. The highest BCUT2D eigenvalue weighted by atomic mass is 31.2. The number of nitrogens with two attached hydrogens (primary N) is 1. The van der Waals surface area contributed by atoms with E-state index in [2.05, 4.69) is 45.9 Å². The van der Waals surface area contributed by atoms with Crippen molar-refractivity contribution in [2.45, 2.75) is 175 Å². The maximum absolute atomic E-state index is 12.7. The maximum Gasteiger partial charge on any atom is 0.472 e. The summed E-state index contributed by atoms with van der Waals surface area (Å²) in [6.45, 7) is 7.75. The summed E-state index contributed by atoms with van der Waals surface area (Å²) in [4.78, 5) is 35.0. The Bertz CT molecular complexity index is 1370. The van der Waals surface area contributed by atoms with E-state index in [1.54, 1.807) is 12.2 Å². The Morgan fingerprint density at radius 3 is 2.05 bits per heavy atom. The molecule has 1 rings (SSSR count). The van der Waals surface area contributed by atoms with Crippen LogP contribution in [0.1, 0.15) is 158 Å². The van der Waals surface area contributed by atoms with Gasteiger partial charge in [-0.15, -0.1) is 0 Å². The summed E-state index contributed by atoms with van der Waals surface area (Å²) in [5.74, 6) is 1.25. The average molecular weight is 822 g/mol. The number of aliphatic hydroxyl groups excluding tert-OH is 1. The Morgan fingerprint density at radius 1 is 0.737 bits per heavy atom. The minimum Gasteiger partial charge on any atom is -0.466 e. The molecule has 0 fully saturated rings. The number of rotatable bonds is 36. The maximum atomic E-state index is 12.7. The molecule has 0 saturated carbocycles. The van der Waals surface area contributed by atoms with Crippen LogP contribution in [-0.4, -0.2) is 60.5 Å². The Balaban J connectivity index is 2.37. The van der Waals surface area contributed by atoms with E-state index in [9.17, 15) is 24.2 Å². The lowest BCUT2D eigenvalue weighted by Gasteiger charge is -2.19. The van der Waals surface area contributed by atoms with E-state index in [1.165, 1.54) is 43.2 Å². The monoisotopic (exact) mass is 822 g/mol. The lowest BCUT2D eigenvalue weighted by molar-refractivity contribution is -0.161. The molecule has 11 nitrogen and oxygen atoms in total. The number of ether oxygens (including phenoxy) is 2. The Kier molecular flexibility index (Phi) is 31.3. The van der Waals surface area contributed by atoms with Gasteiger partial charge < -0.3 is 29.6 Å². The van der Waals surface area contributed by atoms with Crippen LogP contribution >= 0.6 is 7.82 Å². The molecule has 3 atom stereocenters. The minimum absolute atomic E-state index is 0.0237. The van der Waals surface area contributed by atoms with Crippen molar-refractivity contribution in [1.82, 2.24) is 0 Å². The number of hydrogen-bond acceptors (Lipinski definition) is 10. The second-order valence-corrected chi connectivity index (χ2v) is 16.1. The van der Waals surface area contributed by atoms with Gasteiger partial charge in [-0.05, 0) is 82.8 Å². The summed E-state index contributed by atoms with van der Waals surface area (Å²) in [5.41, 5.74) is 7.92. The van der Waals surface area contributed by atoms with Crippen molar-refractivity contribution >= 4 is 19.8 Å². The van der Waals surface area contributed by atoms with E-state index in [0.29, 0.717) is 25.7 Å². The van der Waals surface area contributed by atoms with Gasteiger partial charge in [0.15, 0.2) is 6.10 Å². The SMILES string of the molecule is CCCCC/C=C\C/C=C\CC(O)/C=C\C=C\CCCC(=O)OC[C@H](COP(=O)(O)OCCN)OC(=O)CCCCCCCCc1oc(CCCCC)c(C)c1C. The van der Waals surface area contributed by atoms with Crippen molar-refractivity contribution in [3.8, 4) is 0 Å². The van der Waals surface area contributed by atoms with Gasteiger partial charge in [-0.25, -0.2) is 4.57 Å². The molecule has 12 heteroatoms. The number of hydrogen-bond donors (Lipinski definition) is 3. The molecule has 0 spiro atoms. The number of carbonyl (C=O) groups excluding carboxylic acids is 2. The van der Waals surface area contributed by atoms with Gasteiger partial charge in [-0.3, -0.25) is 18.6 Å². The van der Waals surface area contributed by atoms with Crippen molar-refractivity contribution in [3.05, 3.63) is 71.3 Å². The van der Waals surface area contributed by atoms with Crippen molar-refractivity contribution < 1.29 is 47.1 Å². The summed E-state index contributed by atoms with van der Waals surface area (Å²) in [6.07, 6.45) is 32.9. The Labute approximate surface area is 344 Å². The second-order valence-electron chi connectivity index (χ2n) is 14.6. The van der Waals surface area contributed by atoms with Crippen molar-refractivity contribution in [2.24, 2.45) is 5.73 Å². The zero-order valence-corrected chi connectivity index (χ0v) is 36.5. The van der Waals surface area contributed by atoms with Gasteiger partial charge in [0, 0.05) is 32.2 Å². The number of aliphatic hydroxyl groups is 1. The Morgan fingerprint density at radius 2 is 1.35 bits per heavy atom. The summed E-state index contributed by atoms with van der Waals surface area (Å²) < 4.78 is 38.9. The van der Waals surface area contributed by atoms with Crippen LogP contribution in [0.2, 0.25) is 0 Å². The molecule has 0 amide bonds.